The molecule has 0 aliphatic carbocycles. The molecule has 0 fully saturated rings. The van der Waals surface area contributed by atoms with E-state index in [4.69, 9.17) is 12.4 Å². The second-order valence-corrected chi connectivity index (χ2v) is 3.81. The monoisotopic (exact) mass is 195 g/mol. The van der Waals surface area contributed by atoms with Crippen molar-refractivity contribution in [3.63, 3.8) is 0 Å². The van der Waals surface area contributed by atoms with Crippen LogP contribution in [-0.2, 0) is 0 Å². The van der Waals surface area contributed by atoms with Crippen molar-refractivity contribution in [2.75, 3.05) is 0 Å². The van der Waals surface area contributed by atoms with Crippen molar-refractivity contribution in [1.29, 1.82) is 5.26 Å². The lowest BCUT2D eigenvalue weighted by Gasteiger charge is -2.04. The van der Waals surface area contributed by atoms with E-state index in [-0.39, 0.29) is 0 Å². The Morgan fingerprint density at radius 2 is 2.46 bits per heavy atom. The zero-order valence-corrected chi connectivity index (χ0v) is 7.44. The lowest BCUT2D eigenvalue weighted by Crippen LogP contribution is -2.18. The molecule has 0 saturated heterocycles. The Hall–Kier alpha value is -1.05. The summed E-state index contributed by atoms with van der Waals surface area (Å²) in [7, 11) is 0. The molecular weight excluding hydrogens is 187 g/mol. The maximum atomic E-state index is 13.3. The second-order valence-electron chi connectivity index (χ2n) is 2.72. The van der Waals surface area contributed by atoms with Crippen molar-refractivity contribution in [2.24, 2.45) is 5.73 Å². The molecule has 66 valence electrons. The molecule has 1 aliphatic rings. The van der Waals surface area contributed by atoms with Crippen molar-refractivity contribution < 1.29 is 5.76 Å². The van der Waals surface area contributed by atoms with Gasteiger partial charge < -0.3 is 5.73 Å². The molecule has 0 spiro atoms. The maximum absolute atomic E-state index is 13.3. The summed E-state index contributed by atoms with van der Waals surface area (Å²) in [6.07, 6.45) is 0. The minimum atomic E-state index is -1.47. The van der Waals surface area contributed by atoms with Crippen LogP contribution in [0.5, 0.6) is 0 Å². The number of fused-ring (bicyclic) bond motifs is 1. The van der Waals surface area contributed by atoms with Crippen LogP contribution in [0.4, 0.5) is 4.39 Å². The average Bonchev–Trinajstić information content (AvgIpc) is 2.37. The number of nitrogens with two attached hydrogens (primary N) is 1. The summed E-state index contributed by atoms with van der Waals surface area (Å²) >= 11 is 0.900. The Labute approximate surface area is 80.9 Å². The largest absolute Gasteiger partial charge is 0.318 e. The fourth-order valence-corrected chi connectivity index (χ4v) is 2.33. The van der Waals surface area contributed by atoms with Gasteiger partial charge in [-0.3, -0.25) is 0 Å². The van der Waals surface area contributed by atoms with Crippen LogP contribution in [-0.4, -0.2) is 5.35 Å². The summed E-state index contributed by atoms with van der Waals surface area (Å²) in [5.74, 6) is -1.18. The van der Waals surface area contributed by atoms with E-state index < -0.39 is 17.1 Å². The molecule has 4 heteroatoms. The summed E-state index contributed by atoms with van der Waals surface area (Å²) < 4.78 is 21.0. The van der Waals surface area contributed by atoms with Crippen LogP contribution in [0.25, 0.3) is 0 Å². The number of rotatable bonds is 0. The molecule has 2 N–H and O–H groups in total. The van der Waals surface area contributed by atoms with Crippen LogP contribution in [0, 0.1) is 17.1 Å². The van der Waals surface area contributed by atoms with Crippen molar-refractivity contribution in [1.82, 2.24) is 0 Å². The standard InChI is InChI=1S/C9H7FN2S/c10-7-3-1-2-5-6(4-11)9(12)13-8(5)7/h1-3,6,9H,12H2/i9D. The molecule has 2 nitrogen and oxygen atoms in total. The van der Waals surface area contributed by atoms with Gasteiger partial charge in [0, 0.05) is 4.90 Å². The fourth-order valence-electron chi connectivity index (χ4n) is 1.32. The van der Waals surface area contributed by atoms with Crippen molar-refractivity contribution in [3.8, 4) is 6.07 Å². The first-order valence-electron chi connectivity index (χ1n) is 4.22. The predicted octanol–water partition coefficient (Wildman–Crippen LogP) is 1.82. The molecule has 2 atom stereocenters. The van der Waals surface area contributed by atoms with Gasteiger partial charge in [-0.2, -0.15) is 5.26 Å². The number of nitriles is 1. The van der Waals surface area contributed by atoms with Gasteiger partial charge in [0.15, 0.2) is 0 Å². The van der Waals surface area contributed by atoms with Crippen molar-refractivity contribution in [3.05, 3.63) is 29.6 Å². The van der Waals surface area contributed by atoms with Gasteiger partial charge in [-0.15, -0.1) is 11.8 Å². The third-order valence-electron chi connectivity index (χ3n) is 1.94. The van der Waals surface area contributed by atoms with Crippen LogP contribution in [0.2, 0.25) is 0 Å². The van der Waals surface area contributed by atoms with E-state index in [0.29, 0.717) is 10.5 Å². The Kier molecular flexibility index (Phi) is 1.71. The first-order chi connectivity index (χ1) is 6.56. The number of hydrogen-bond acceptors (Lipinski definition) is 3. The van der Waals surface area contributed by atoms with Gasteiger partial charge in [0.25, 0.3) is 0 Å². The molecule has 2 unspecified atom stereocenters. The molecule has 0 bridgehead atoms. The minimum absolute atomic E-state index is 0.330. The molecule has 1 aliphatic heterocycles. The van der Waals surface area contributed by atoms with Crippen LogP contribution in [0.3, 0.4) is 0 Å². The fraction of sp³-hybridized carbons (Fsp3) is 0.222. The highest BCUT2D eigenvalue weighted by molar-refractivity contribution is 8.00. The SMILES string of the molecule is [2H]C1(N)Sc2c(F)cccc2C1C#N. The summed E-state index contributed by atoms with van der Waals surface area (Å²) in [5, 5.41) is 7.38. The smallest absolute Gasteiger partial charge is 0.137 e. The number of benzene rings is 1. The zero-order chi connectivity index (χ0) is 10.3. The van der Waals surface area contributed by atoms with E-state index in [1.165, 1.54) is 12.1 Å². The maximum Gasteiger partial charge on any atom is 0.137 e. The Morgan fingerprint density at radius 1 is 1.69 bits per heavy atom. The van der Waals surface area contributed by atoms with E-state index in [2.05, 4.69) is 0 Å². The highest BCUT2D eigenvalue weighted by atomic mass is 32.2. The predicted molar refractivity (Wildman–Crippen MR) is 48.6 cm³/mol. The summed E-state index contributed by atoms with van der Waals surface area (Å²) in [6.45, 7) is 0. The molecule has 1 aromatic carbocycles. The molecule has 2 rings (SSSR count). The van der Waals surface area contributed by atoms with E-state index in [1.807, 2.05) is 6.07 Å². The quantitative estimate of drug-likeness (QED) is 0.687. The normalized spacial score (nSPS) is 32.1. The lowest BCUT2D eigenvalue weighted by atomic mass is 10.0. The van der Waals surface area contributed by atoms with E-state index >= 15 is 0 Å². The average molecular weight is 195 g/mol. The Bertz CT molecular complexity index is 427. The molecule has 0 amide bonds. The van der Waals surface area contributed by atoms with Crippen LogP contribution >= 0.6 is 11.8 Å². The van der Waals surface area contributed by atoms with Crippen LogP contribution < -0.4 is 5.73 Å². The number of nitrogens with zero attached hydrogens (tertiary/aromatic N) is 1. The Balaban J connectivity index is 2.60. The topological polar surface area (TPSA) is 49.8 Å². The summed E-state index contributed by atoms with van der Waals surface area (Å²) in [4.78, 5) is 0.330. The minimum Gasteiger partial charge on any atom is -0.318 e. The number of thioether (sulfide) groups is 1. The highest BCUT2D eigenvalue weighted by Gasteiger charge is 2.32. The van der Waals surface area contributed by atoms with Crippen LogP contribution in [0.1, 0.15) is 12.9 Å². The van der Waals surface area contributed by atoms with Gasteiger partial charge in [-0.05, 0) is 11.6 Å². The lowest BCUT2D eigenvalue weighted by molar-refractivity contribution is 0.598. The number of hydrogen-bond donors (Lipinski definition) is 1. The van der Waals surface area contributed by atoms with Gasteiger partial charge >= 0.3 is 0 Å². The molecule has 13 heavy (non-hydrogen) atoms. The Morgan fingerprint density at radius 3 is 3.15 bits per heavy atom. The third-order valence-corrected chi connectivity index (χ3v) is 3.05. The van der Waals surface area contributed by atoms with Gasteiger partial charge in [0.1, 0.15) is 5.82 Å². The van der Waals surface area contributed by atoms with E-state index in [0.717, 1.165) is 11.8 Å². The van der Waals surface area contributed by atoms with Crippen molar-refractivity contribution in [2.45, 2.75) is 16.2 Å². The van der Waals surface area contributed by atoms with Gasteiger partial charge in [-0.1, -0.05) is 12.1 Å². The van der Waals surface area contributed by atoms with Crippen molar-refractivity contribution >= 4 is 11.8 Å². The van der Waals surface area contributed by atoms with E-state index in [1.54, 1.807) is 6.07 Å². The number of halogens is 1. The molecule has 0 saturated carbocycles. The zero-order valence-electron chi connectivity index (χ0n) is 7.62. The highest BCUT2D eigenvalue weighted by Crippen LogP contribution is 2.43. The van der Waals surface area contributed by atoms with Gasteiger partial charge in [0.2, 0.25) is 0 Å². The van der Waals surface area contributed by atoms with Gasteiger partial charge in [-0.25, -0.2) is 4.39 Å². The first kappa shape index (κ1) is 7.36. The van der Waals surface area contributed by atoms with Gasteiger partial charge in [0.05, 0.1) is 18.7 Å². The van der Waals surface area contributed by atoms with E-state index in [9.17, 15) is 4.39 Å². The third kappa shape index (κ3) is 1.21. The second kappa shape index (κ2) is 3.02. The van der Waals surface area contributed by atoms with Crippen LogP contribution in [0.15, 0.2) is 23.1 Å². The molecule has 1 heterocycles. The summed E-state index contributed by atoms with van der Waals surface area (Å²) in [6, 6.07) is 6.41. The first-order valence-corrected chi connectivity index (χ1v) is 4.54. The molecule has 1 aromatic rings. The molecular formula is C9H7FN2S. The molecule has 0 radical (unpaired) electrons. The summed E-state index contributed by atoms with van der Waals surface area (Å²) in [5.41, 5.74) is 6.12. The molecule has 0 aromatic heterocycles.